The lowest BCUT2D eigenvalue weighted by molar-refractivity contribution is -0.155. The van der Waals surface area contributed by atoms with Crippen molar-refractivity contribution in [1.82, 2.24) is 14.7 Å². The number of nitrogens with zero attached hydrogens (tertiary/aromatic N) is 3. The molecule has 1 fully saturated rings. The van der Waals surface area contributed by atoms with Gasteiger partial charge in [0.1, 0.15) is 11.8 Å². The van der Waals surface area contributed by atoms with Gasteiger partial charge in [-0.25, -0.2) is 9.59 Å². The fourth-order valence-corrected chi connectivity index (χ4v) is 6.33. The first-order valence-electron chi connectivity index (χ1n) is 14.5. The van der Waals surface area contributed by atoms with Gasteiger partial charge in [-0.3, -0.25) is 9.69 Å². The minimum atomic E-state index is -0.808. The Morgan fingerprint density at radius 1 is 1.07 bits per heavy atom. The lowest BCUT2D eigenvalue weighted by atomic mass is 9.86. The molecule has 0 radical (unpaired) electrons. The van der Waals surface area contributed by atoms with E-state index in [4.69, 9.17) is 25.8 Å². The number of likely N-dealkylation sites (N-methyl/N-ethyl adjacent to an activating group) is 2. The number of para-hydroxylation sites is 1. The van der Waals surface area contributed by atoms with Gasteiger partial charge in [0.25, 0.3) is 5.91 Å². The lowest BCUT2D eigenvalue weighted by Gasteiger charge is -2.25. The van der Waals surface area contributed by atoms with Crippen LogP contribution in [-0.2, 0) is 27.2 Å². The quantitative estimate of drug-likeness (QED) is 0.450. The third-order valence-electron chi connectivity index (χ3n) is 8.36. The number of hydrogen-bond donors (Lipinski definition) is 0. The molecule has 0 N–H and O–H groups in total. The Hall–Kier alpha value is -3.30. The van der Waals surface area contributed by atoms with Crippen molar-refractivity contribution in [2.45, 2.75) is 51.5 Å². The Morgan fingerprint density at radius 3 is 2.66 bits per heavy atom. The average Bonchev–Trinajstić information content (AvgIpc) is 3.63. The van der Waals surface area contributed by atoms with Gasteiger partial charge in [-0.1, -0.05) is 29.8 Å². The zero-order valence-corrected chi connectivity index (χ0v) is 24.7. The molecule has 1 saturated heterocycles. The number of rotatable bonds is 7. The van der Waals surface area contributed by atoms with Crippen LogP contribution in [0.3, 0.4) is 0 Å². The predicted octanol–water partition coefficient (Wildman–Crippen LogP) is 4.27. The van der Waals surface area contributed by atoms with E-state index in [9.17, 15) is 14.4 Å². The normalized spacial score (nSPS) is 20.0. The Labute approximate surface area is 246 Å². The molecule has 2 atom stereocenters. The van der Waals surface area contributed by atoms with Crippen LogP contribution in [0.15, 0.2) is 30.3 Å². The number of hydrogen-bond acceptors (Lipinski definition) is 7. The molecule has 0 saturated carbocycles. The van der Waals surface area contributed by atoms with Crippen LogP contribution in [0, 0.1) is 0 Å². The second kappa shape index (κ2) is 12.7. The predicted molar refractivity (Wildman–Crippen MR) is 155 cm³/mol. The van der Waals surface area contributed by atoms with E-state index in [0.717, 1.165) is 48.4 Å². The van der Waals surface area contributed by atoms with Crippen molar-refractivity contribution in [3.05, 3.63) is 57.6 Å². The summed E-state index contributed by atoms with van der Waals surface area (Å²) < 4.78 is 17.2. The van der Waals surface area contributed by atoms with Crippen molar-refractivity contribution in [1.29, 1.82) is 0 Å². The van der Waals surface area contributed by atoms with Crippen LogP contribution in [-0.4, -0.2) is 91.7 Å². The van der Waals surface area contributed by atoms with Crippen LogP contribution >= 0.6 is 11.6 Å². The van der Waals surface area contributed by atoms with E-state index in [1.165, 1.54) is 10.5 Å². The molecule has 9 nitrogen and oxygen atoms in total. The van der Waals surface area contributed by atoms with Crippen molar-refractivity contribution in [2.75, 3.05) is 53.0 Å². The van der Waals surface area contributed by atoms with Crippen molar-refractivity contribution >= 4 is 29.6 Å². The number of benzene rings is 2. The fourth-order valence-electron chi connectivity index (χ4n) is 6.10. The number of esters is 1. The van der Waals surface area contributed by atoms with E-state index in [-0.39, 0.29) is 24.2 Å². The van der Waals surface area contributed by atoms with E-state index >= 15 is 0 Å². The van der Waals surface area contributed by atoms with Gasteiger partial charge < -0.3 is 24.0 Å². The minimum Gasteiger partial charge on any atom is -0.493 e. The maximum atomic E-state index is 13.3. The number of carbonyl (C=O) groups is 3. The first kappa shape index (κ1) is 29.2. The number of amides is 2. The molecule has 2 aromatic carbocycles. The molecule has 2 aromatic rings. The molecule has 0 spiro atoms. The molecular formula is C31H38ClN3O6. The Kier molecular flexibility index (Phi) is 9.04. The number of fused-ring (bicyclic) bond motifs is 2. The summed E-state index contributed by atoms with van der Waals surface area (Å²) in [6.07, 6.45) is 2.12. The van der Waals surface area contributed by atoms with E-state index in [1.54, 1.807) is 4.90 Å². The summed E-state index contributed by atoms with van der Waals surface area (Å²) in [6, 6.07) is 9.26. The van der Waals surface area contributed by atoms with Gasteiger partial charge in [0, 0.05) is 50.6 Å². The van der Waals surface area contributed by atoms with Gasteiger partial charge in [-0.05, 0) is 69.0 Å². The molecule has 10 heteroatoms. The number of ether oxygens (including phenoxy) is 3. The van der Waals surface area contributed by atoms with E-state index < -0.39 is 18.1 Å². The van der Waals surface area contributed by atoms with Crippen molar-refractivity contribution in [3.63, 3.8) is 0 Å². The smallest absolute Gasteiger partial charge is 0.416 e. The van der Waals surface area contributed by atoms with Crippen LogP contribution < -0.4 is 9.47 Å². The first-order chi connectivity index (χ1) is 19.8. The standard InChI is InChI=1S/C31H38ClN3O6/c1-4-34(5-2)28(36)19-40-30(37)26-10-7-13-35(26)31(38)41-27-17-23-21(16-25(27)32)11-14-33(3)18-24(23)22-9-6-8-20-12-15-39-29(20)22/h6,8-9,16-17,24,26H,4-5,7,10-15,18-19H2,1-3H3/t24?,26-/m1/s1. The summed E-state index contributed by atoms with van der Waals surface area (Å²) in [5.41, 5.74) is 4.50. The van der Waals surface area contributed by atoms with Gasteiger partial charge in [0.2, 0.25) is 0 Å². The highest BCUT2D eigenvalue weighted by Gasteiger charge is 2.37. The molecule has 3 aliphatic heterocycles. The molecule has 0 aromatic heterocycles. The van der Waals surface area contributed by atoms with Crippen molar-refractivity contribution in [2.24, 2.45) is 0 Å². The van der Waals surface area contributed by atoms with Gasteiger partial charge in [0.15, 0.2) is 12.4 Å². The highest BCUT2D eigenvalue weighted by molar-refractivity contribution is 6.32. The van der Waals surface area contributed by atoms with E-state index in [1.807, 2.05) is 26.0 Å². The summed E-state index contributed by atoms with van der Waals surface area (Å²) in [6.45, 7) is 7.15. The molecular weight excluding hydrogens is 546 g/mol. The molecule has 0 aliphatic carbocycles. The molecule has 220 valence electrons. The number of likely N-dealkylation sites (tertiary alicyclic amines) is 1. The van der Waals surface area contributed by atoms with Crippen LogP contribution in [0.4, 0.5) is 4.79 Å². The lowest BCUT2D eigenvalue weighted by Crippen LogP contribution is -2.44. The number of carbonyl (C=O) groups excluding carboxylic acids is 3. The van der Waals surface area contributed by atoms with Crippen LogP contribution in [0.2, 0.25) is 5.02 Å². The summed E-state index contributed by atoms with van der Waals surface area (Å²) in [5, 5.41) is 0.345. The third-order valence-corrected chi connectivity index (χ3v) is 8.65. The SMILES string of the molecule is CCN(CC)C(=O)COC(=O)[C@H]1CCCN1C(=O)Oc1cc2c(cc1Cl)CCN(C)CC2c1cccc2c1OCC2. The maximum Gasteiger partial charge on any atom is 0.416 e. The second-order valence-electron chi connectivity index (χ2n) is 10.9. The van der Waals surface area contributed by atoms with Crippen LogP contribution in [0.1, 0.15) is 54.9 Å². The van der Waals surface area contributed by atoms with E-state index in [2.05, 4.69) is 30.1 Å². The van der Waals surface area contributed by atoms with Gasteiger partial charge in [0.05, 0.1) is 11.6 Å². The Morgan fingerprint density at radius 2 is 1.88 bits per heavy atom. The van der Waals surface area contributed by atoms with Crippen LogP contribution in [0.5, 0.6) is 11.5 Å². The summed E-state index contributed by atoms with van der Waals surface area (Å²) in [4.78, 5) is 43.7. The first-order valence-corrected chi connectivity index (χ1v) is 14.9. The van der Waals surface area contributed by atoms with E-state index in [0.29, 0.717) is 44.1 Å². The Balaban J connectivity index is 1.35. The maximum absolute atomic E-state index is 13.3. The zero-order valence-electron chi connectivity index (χ0n) is 24.0. The Bertz CT molecular complexity index is 1310. The molecule has 1 unspecified atom stereocenters. The molecule has 3 heterocycles. The molecule has 41 heavy (non-hydrogen) atoms. The molecule has 0 bridgehead atoms. The molecule has 2 amide bonds. The van der Waals surface area contributed by atoms with Gasteiger partial charge in [-0.15, -0.1) is 0 Å². The summed E-state index contributed by atoms with van der Waals surface area (Å²) in [7, 11) is 2.10. The minimum absolute atomic E-state index is 0.0122. The number of halogens is 1. The highest BCUT2D eigenvalue weighted by atomic mass is 35.5. The average molecular weight is 584 g/mol. The summed E-state index contributed by atoms with van der Waals surface area (Å²) in [5.74, 6) is 0.355. The second-order valence-corrected chi connectivity index (χ2v) is 11.3. The van der Waals surface area contributed by atoms with Crippen LogP contribution in [0.25, 0.3) is 0 Å². The fraction of sp³-hybridized carbons (Fsp3) is 0.516. The third kappa shape index (κ3) is 6.16. The monoisotopic (exact) mass is 583 g/mol. The summed E-state index contributed by atoms with van der Waals surface area (Å²) >= 11 is 6.66. The molecule has 3 aliphatic rings. The van der Waals surface area contributed by atoms with Crippen molar-refractivity contribution < 1.29 is 28.6 Å². The largest absolute Gasteiger partial charge is 0.493 e. The van der Waals surface area contributed by atoms with Gasteiger partial charge >= 0.3 is 12.1 Å². The molecule has 5 rings (SSSR count). The zero-order chi connectivity index (χ0) is 29.1. The highest BCUT2D eigenvalue weighted by Crippen LogP contribution is 2.42. The van der Waals surface area contributed by atoms with Gasteiger partial charge in [-0.2, -0.15) is 0 Å². The van der Waals surface area contributed by atoms with Crippen molar-refractivity contribution in [3.8, 4) is 11.5 Å². The topological polar surface area (TPSA) is 88.6 Å².